The number of H-pyrrole nitrogens is 1. The van der Waals surface area contributed by atoms with Crippen molar-refractivity contribution in [3.63, 3.8) is 0 Å². The van der Waals surface area contributed by atoms with Crippen LogP contribution in [0.5, 0.6) is 0 Å². The third-order valence-corrected chi connectivity index (χ3v) is 6.06. The van der Waals surface area contributed by atoms with Crippen LogP contribution in [0.2, 0.25) is 0 Å². The summed E-state index contributed by atoms with van der Waals surface area (Å²) in [6.45, 7) is 6.71. The lowest BCUT2D eigenvalue weighted by molar-refractivity contribution is -0.0389. The minimum absolute atomic E-state index is 0.0790. The lowest BCUT2D eigenvalue weighted by atomic mass is 9.94. The Morgan fingerprint density at radius 3 is 2.82 bits per heavy atom. The van der Waals surface area contributed by atoms with Crippen molar-refractivity contribution in [3.8, 4) is 0 Å². The van der Waals surface area contributed by atoms with Gasteiger partial charge in [0, 0.05) is 43.6 Å². The number of aromatic nitrogens is 1. The van der Waals surface area contributed by atoms with Gasteiger partial charge in [0.05, 0.1) is 18.8 Å². The molecule has 2 saturated heterocycles. The normalized spacial score (nSPS) is 24.5. The first-order valence-electron chi connectivity index (χ1n) is 10.0. The molecule has 0 saturated carbocycles. The largest absolute Gasteiger partial charge is 0.388 e. The predicted octanol–water partition coefficient (Wildman–Crippen LogP) is 2.30. The number of halogens is 1. The van der Waals surface area contributed by atoms with Crippen molar-refractivity contribution >= 4 is 16.8 Å². The number of morpholine rings is 1. The van der Waals surface area contributed by atoms with Gasteiger partial charge in [-0.2, -0.15) is 0 Å². The van der Waals surface area contributed by atoms with E-state index in [1.165, 1.54) is 12.1 Å². The highest BCUT2D eigenvalue weighted by molar-refractivity contribution is 6.00. The van der Waals surface area contributed by atoms with E-state index in [4.69, 9.17) is 4.74 Å². The number of ether oxygens (including phenoxy) is 1. The molecule has 0 spiro atoms. The zero-order valence-corrected chi connectivity index (χ0v) is 16.3. The van der Waals surface area contributed by atoms with Crippen LogP contribution in [0.4, 0.5) is 4.39 Å². The minimum Gasteiger partial charge on any atom is -0.388 e. The number of hydrogen-bond donors (Lipinski definition) is 2. The fraction of sp³-hybridized carbons (Fsp3) is 0.571. The number of nitrogens with one attached hydrogen (secondary N) is 1. The number of aromatic amines is 1. The van der Waals surface area contributed by atoms with E-state index in [1.807, 2.05) is 11.8 Å². The Kier molecular flexibility index (Phi) is 5.40. The first kappa shape index (κ1) is 19.4. The van der Waals surface area contributed by atoms with Crippen LogP contribution in [0.3, 0.4) is 0 Å². The van der Waals surface area contributed by atoms with E-state index in [-0.39, 0.29) is 11.7 Å². The predicted molar refractivity (Wildman–Crippen MR) is 105 cm³/mol. The number of aliphatic hydroxyl groups is 1. The van der Waals surface area contributed by atoms with Gasteiger partial charge in [-0.15, -0.1) is 0 Å². The molecule has 4 rings (SSSR count). The number of nitrogens with zero attached hydrogens (tertiary/aromatic N) is 2. The topological polar surface area (TPSA) is 68.8 Å². The summed E-state index contributed by atoms with van der Waals surface area (Å²) >= 11 is 0. The number of carbonyl (C=O) groups excluding carboxylic acids is 1. The fourth-order valence-electron chi connectivity index (χ4n) is 4.39. The number of β-amino-alcohol motifs (C(OH)–C–C–N with tert-alkyl or cyclic N) is 1. The molecule has 0 unspecified atom stereocenters. The van der Waals surface area contributed by atoms with Gasteiger partial charge >= 0.3 is 0 Å². The second-order valence-electron chi connectivity index (χ2n) is 8.07. The van der Waals surface area contributed by atoms with Crippen LogP contribution in [-0.2, 0) is 4.74 Å². The van der Waals surface area contributed by atoms with Crippen molar-refractivity contribution in [2.75, 3.05) is 45.9 Å². The molecule has 0 bridgehead atoms. The van der Waals surface area contributed by atoms with Crippen molar-refractivity contribution in [3.05, 3.63) is 35.3 Å². The lowest BCUT2D eigenvalue weighted by Crippen LogP contribution is -2.48. The van der Waals surface area contributed by atoms with Crippen molar-refractivity contribution in [1.29, 1.82) is 0 Å². The van der Waals surface area contributed by atoms with Crippen LogP contribution >= 0.6 is 0 Å². The molecule has 2 fully saturated rings. The van der Waals surface area contributed by atoms with E-state index in [0.29, 0.717) is 51.4 Å². The van der Waals surface area contributed by atoms with Gasteiger partial charge in [0.1, 0.15) is 11.5 Å². The van der Waals surface area contributed by atoms with Gasteiger partial charge in [-0.25, -0.2) is 4.39 Å². The number of hydrogen-bond acceptors (Lipinski definition) is 4. The highest BCUT2D eigenvalue weighted by Gasteiger charge is 2.34. The Labute approximate surface area is 164 Å². The van der Waals surface area contributed by atoms with E-state index in [1.54, 1.807) is 6.07 Å². The monoisotopic (exact) mass is 389 g/mol. The number of rotatable bonds is 3. The Morgan fingerprint density at radius 1 is 1.25 bits per heavy atom. The van der Waals surface area contributed by atoms with Gasteiger partial charge in [-0.1, -0.05) is 0 Å². The van der Waals surface area contributed by atoms with Gasteiger partial charge < -0.3 is 19.7 Å². The van der Waals surface area contributed by atoms with Crippen LogP contribution in [0.15, 0.2) is 18.2 Å². The van der Waals surface area contributed by atoms with Gasteiger partial charge in [0.2, 0.25) is 0 Å². The molecule has 2 aromatic rings. The summed E-state index contributed by atoms with van der Waals surface area (Å²) in [7, 11) is 0. The van der Waals surface area contributed by atoms with Crippen molar-refractivity contribution in [1.82, 2.24) is 14.8 Å². The van der Waals surface area contributed by atoms with Gasteiger partial charge in [-0.3, -0.25) is 9.69 Å². The summed E-state index contributed by atoms with van der Waals surface area (Å²) in [5, 5.41) is 11.8. The molecule has 1 amide bonds. The van der Waals surface area contributed by atoms with Gasteiger partial charge in [-0.05, 0) is 49.9 Å². The summed E-state index contributed by atoms with van der Waals surface area (Å²) in [6.07, 6.45) is 2.01. The summed E-state index contributed by atoms with van der Waals surface area (Å²) < 4.78 is 18.9. The summed E-state index contributed by atoms with van der Waals surface area (Å²) in [4.78, 5) is 20.3. The van der Waals surface area contributed by atoms with Gasteiger partial charge in [0.25, 0.3) is 5.91 Å². The van der Waals surface area contributed by atoms with E-state index in [2.05, 4.69) is 9.88 Å². The average molecular weight is 389 g/mol. The van der Waals surface area contributed by atoms with E-state index in [9.17, 15) is 14.3 Å². The van der Waals surface area contributed by atoms with Crippen LogP contribution in [-0.4, -0.2) is 77.3 Å². The number of carbonyl (C=O) groups is 1. The average Bonchev–Trinajstić information content (AvgIpc) is 2.88. The van der Waals surface area contributed by atoms with E-state index >= 15 is 0 Å². The van der Waals surface area contributed by atoms with Crippen molar-refractivity contribution < 1.29 is 19.0 Å². The van der Waals surface area contributed by atoms with Crippen LogP contribution in [0.25, 0.3) is 10.9 Å². The molecule has 7 heteroatoms. The van der Waals surface area contributed by atoms with Crippen LogP contribution < -0.4 is 0 Å². The van der Waals surface area contributed by atoms with E-state index in [0.717, 1.165) is 36.0 Å². The summed E-state index contributed by atoms with van der Waals surface area (Å²) in [5.74, 6) is -0.388. The molecule has 0 radical (unpaired) electrons. The maximum Gasteiger partial charge on any atom is 0.270 e. The number of likely N-dealkylation sites (tertiary alicyclic amines) is 1. The van der Waals surface area contributed by atoms with Crippen LogP contribution in [0, 0.1) is 12.7 Å². The zero-order chi connectivity index (χ0) is 19.7. The molecule has 2 N–H and O–H groups in total. The maximum absolute atomic E-state index is 13.6. The molecule has 1 aromatic heterocycles. The SMILES string of the molecule is Cc1c(C(=O)N2CCC[C@](O)(CN3CCOCC3)CC2)[nH]c2ccc(F)cc12. The molecular weight excluding hydrogens is 361 g/mol. The number of aryl methyl sites for hydroxylation is 1. The Bertz CT molecular complexity index is 862. The Hall–Kier alpha value is -1.96. The molecular formula is C21H28FN3O3. The standard InChI is InChI=1S/C21H28FN3O3/c1-15-17-13-16(22)3-4-18(17)23-19(15)20(26)25-7-2-5-21(27,6-8-25)14-24-9-11-28-12-10-24/h3-4,13,23,27H,2,5-12,14H2,1H3/t21-/m1/s1. The lowest BCUT2D eigenvalue weighted by Gasteiger charge is -2.35. The molecule has 2 aliphatic heterocycles. The Morgan fingerprint density at radius 2 is 2.04 bits per heavy atom. The quantitative estimate of drug-likeness (QED) is 0.845. The molecule has 1 aromatic carbocycles. The fourth-order valence-corrected chi connectivity index (χ4v) is 4.39. The summed E-state index contributed by atoms with van der Waals surface area (Å²) in [5.41, 5.74) is 1.28. The van der Waals surface area contributed by atoms with Gasteiger partial charge in [0.15, 0.2) is 0 Å². The number of amides is 1. The maximum atomic E-state index is 13.6. The molecule has 3 heterocycles. The number of fused-ring (bicyclic) bond motifs is 1. The highest BCUT2D eigenvalue weighted by Crippen LogP contribution is 2.27. The molecule has 2 aliphatic rings. The molecule has 28 heavy (non-hydrogen) atoms. The third kappa shape index (κ3) is 3.92. The first-order valence-corrected chi connectivity index (χ1v) is 10.0. The molecule has 6 nitrogen and oxygen atoms in total. The highest BCUT2D eigenvalue weighted by atomic mass is 19.1. The van der Waals surface area contributed by atoms with Crippen LogP contribution in [0.1, 0.15) is 35.3 Å². The smallest absolute Gasteiger partial charge is 0.270 e. The third-order valence-electron chi connectivity index (χ3n) is 6.06. The zero-order valence-electron chi connectivity index (χ0n) is 16.3. The first-order chi connectivity index (χ1) is 13.5. The Balaban J connectivity index is 1.46. The molecule has 0 aliphatic carbocycles. The van der Waals surface area contributed by atoms with E-state index < -0.39 is 5.60 Å². The number of benzene rings is 1. The summed E-state index contributed by atoms with van der Waals surface area (Å²) in [6, 6.07) is 4.52. The van der Waals surface area contributed by atoms with Crippen molar-refractivity contribution in [2.24, 2.45) is 0 Å². The van der Waals surface area contributed by atoms with Crippen molar-refractivity contribution in [2.45, 2.75) is 31.8 Å². The second-order valence-corrected chi connectivity index (χ2v) is 8.07. The molecule has 1 atom stereocenters. The molecule has 152 valence electrons. The minimum atomic E-state index is -0.773. The second kappa shape index (κ2) is 7.81.